The van der Waals surface area contributed by atoms with Crippen molar-refractivity contribution in [3.63, 3.8) is 0 Å². The molecule has 3 aromatic rings. The Morgan fingerprint density at radius 1 is 0.857 bits per heavy atom. The van der Waals surface area contributed by atoms with Crippen LogP contribution < -0.4 is 0 Å². The molecule has 0 heteroatoms. The van der Waals surface area contributed by atoms with Gasteiger partial charge in [-0.25, -0.2) is 0 Å². The lowest BCUT2D eigenvalue weighted by atomic mass is 9.66. The third-order valence-electron chi connectivity index (χ3n) is 6.57. The molecule has 0 heterocycles. The average Bonchev–Trinajstić information content (AvgIpc) is 3.41. The fraction of sp³-hybridized carbons (Fsp3) is 0.143. The first kappa shape index (κ1) is 17.0. The van der Waals surface area contributed by atoms with Crippen LogP contribution in [0.25, 0.3) is 17.2 Å². The molecule has 0 radical (unpaired) electrons. The van der Waals surface area contributed by atoms with Gasteiger partial charge < -0.3 is 0 Å². The number of rotatable bonds is 4. The van der Waals surface area contributed by atoms with E-state index < -0.39 is 0 Å². The zero-order chi connectivity index (χ0) is 19.1. The molecule has 0 fully saturated rings. The predicted octanol–water partition coefficient (Wildman–Crippen LogP) is 6.95. The summed E-state index contributed by atoms with van der Waals surface area (Å²) in [7, 11) is 0. The Bertz CT molecular complexity index is 1100. The molecular weight excluding hydrogens is 336 g/mol. The van der Waals surface area contributed by atoms with E-state index in [2.05, 4.69) is 105 Å². The second kappa shape index (κ2) is 6.49. The van der Waals surface area contributed by atoms with Crippen LogP contribution in [0, 0.1) is 5.92 Å². The highest BCUT2D eigenvalue weighted by Crippen LogP contribution is 2.48. The van der Waals surface area contributed by atoms with E-state index in [0.717, 1.165) is 12.0 Å². The first-order chi connectivity index (χ1) is 13.7. The van der Waals surface area contributed by atoms with Gasteiger partial charge in [-0.2, -0.15) is 0 Å². The van der Waals surface area contributed by atoms with E-state index in [-0.39, 0.29) is 5.41 Å². The smallest absolute Gasteiger partial charge is 0.0275 e. The van der Waals surface area contributed by atoms with Crippen LogP contribution in [-0.4, -0.2) is 0 Å². The van der Waals surface area contributed by atoms with Crippen molar-refractivity contribution in [3.8, 4) is 11.1 Å². The Labute approximate surface area is 167 Å². The summed E-state index contributed by atoms with van der Waals surface area (Å²) in [5.74, 6) is 0.345. The minimum absolute atomic E-state index is 0.114. The van der Waals surface area contributed by atoms with E-state index in [1.54, 1.807) is 0 Å². The predicted molar refractivity (Wildman–Crippen MR) is 119 cm³/mol. The first-order valence-corrected chi connectivity index (χ1v) is 10.0. The Balaban J connectivity index is 1.72. The van der Waals surface area contributed by atoms with Crippen molar-refractivity contribution in [2.45, 2.75) is 18.8 Å². The molecule has 0 aliphatic heterocycles. The van der Waals surface area contributed by atoms with Crippen molar-refractivity contribution in [1.82, 2.24) is 0 Å². The van der Waals surface area contributed by atoms with Crippen molar-refractivity contribution >= 4 is 6.08 Å². The van der Waals surface area contributed by atoms with Crippen LogP contribution in [0.5, 0.6) is 0 Å². The second-order valence-corrected chi connectivity index (χ2v) is 7.99. The Morgan fingerprint density at radius 2 is 1.57 bits per heavy atom. The monoisotopic (exact) mass is 360 g/mol. The van der Waals surface area contributed by atoms with Crippen molar-refractivity contribution in [2.75, 3.05) is 0 Å². The number of benzene rings is 3. The van der Waals surface area contributed by atoms with E-state index in [1.807, 2.05) is 6.08 Å². The number of hydrogen-bond acceptors (Lipinski definition) is 0. The largest absolute Gasteiger partial charge is 0.0985 e. The Hall–Kier alpha value is -3.12. The van der Waals surface area contributed by atoms with Gasteiger partial charge in [-0.3, -0.25) is 0 Å². The third kappa shape index (κ3) is 2.45. The second-order valence-electron chi connectivity index (χ2n) is 7.99. The molecule has 0 saturated carbocycles. The van der Waals surface area contributed by atoms with Gasteiger partial charge in [0.1, 0.15) is 0 Å². The van der Waals surface area contributed by atoms with Gasteiger partial charge in [0.2, 0.25) is 0 Å². The Morgan fingerprint density at radius 3 is 2.32 bits per heavy atom. The van der Waals surface area contributed by atoms with Crippen molar-refractivity contribution in [3.05, 3.63) is 125 Å². The number of fused-ring (bicyclic) bond motifs is 3. The normalized spacial score (nSPS) is 16.6. The van der Waals surface area contributed by atoms with Crippen LogP contribution in [0.1, 0.15) is 34.7 Å². The summed E-state index contributed by atoms with van der Waals surface area (Å²) in [4.78, 5) is 0. The molecule has 0 aromatic heterocycles. The van der Waals surface area contributed by atoms with Crippen molar-refractivity contribution < 1.29 is 0 Å². The SMILES string of the molecule is C=Cc1ccc(C(C)(c2cccc3c2Cc2ccccc2-3)C2C=CC=C2)cc1. The molecule has 0 amide bonds. The van der Waals surface area contributed by atoms with Crippen LogP contribution >= 0.6 is 0 Å². The van der Waals surface area contributed by atoms with Crippen LogP contribution in [-0.2, 0) is 11.8 Å². The molecule has 136 valence electrons. The molecule has 0 N–H and O–H groups in total. The minimum Gasteiger partial charge on any atom is -0.0985 e. The van der Waals surface area contributed by atoms with Gasteiger partial charge in [0.15, 0.2) is 0 Å². The molecule has 2 aliphatic carbocycles. The first-order valence-electron chi connectivity index (χ1n) is 10.0. The molecule has 5 rings (SSSR count). The van der Waals surface area contributed by atoms with E-state index in [0.29, 0.717) is 5.92 Å². The van der Waals surface area contributed by atoms with Gasteiger partial charge in [-0.15, -0.1) is 0 Å². The van der Waals surface area contributed by atoms with Crippen LogP contribution in [0.3, 0.4) is 0 Å². The molecule has 0 nitrogen and oxygen atoms in total. The summed E-state index contributed by atoms with van der Waals surface area (Å²) in [6.07, 6.45) is 12.0. The minimum atomic E-state index is -0.114. The fourth-order valence-corrected chi connectivity index (χ4v) is 4.95. The van der Waals surface area contributed by atoms with Gasteiger partial charge >= 0.3 is 0 Å². The standard InChI is InChI=1S/C28H24/c1-3-20-15-17-23(18-16-20)28(2,22-10-5-6-11-22)27-14-8-13-25-24-12-7-4-9-21(24)19-26(25)27/h3-18,22H,1,19H2,2H3. The highest BCUT2D eigenvalue weighted by molar-refractivity contribution is 5.79. The lowest BCUT2D eigenvalue weighted by Crippen LogP contribution is -2.32. The number of allylic oxidation sites excluding steroid dienone is 4. The van der Waals surface area contributed by atoms with Gasteiger partial charge in [0.25, 0.3) is 0 Å². The molecule has 28 heavy (non-hydrogen) atoms. The van der Waals surface area contributed by atoms with E-state index in [9.17, 15) is 0 Å². The van der Waals surface area contributed by atoms with Crippen molar-refractivity contribution in [1.29, 1.82) is 0 Å². The quantitative estimate of drug-likeness (QED) is 0.369. The summed E-state index contributed by atoms with van der Waals surface area (Å²) in [5, 5.41) is 0. The zero-order valence-electron chi connectivity index (χ0n) is 16.2. The topological polar surface area (TPSA) is 0 Å². The summed E-state index contributed by atoms with van der Waals surface area (Å²) in [6.45, 7) is 6.31. The van der Waals surface area contributed by atoms with Gasteiger partial charge in [0.05, 0.1) is 0 Å². The van der Waals surface area contributed by atoms with Gasteiger partial charge in [0, 0.05) is 11.3 Å². The highest BCUT2D eigenvalue weighted by Gasteiger charge is 2.39. The summed E-state index contributed by atoms with van der Waals surface area (Å²) in [6, 6.07) is 24.6. The zero-order valence-corrected chi connectivity index (χ0v) is 16.2. The summed E-state index contributed by atoms with van der Waals surface area (Å²) in [5.41, 5.74) is 9.54. The van der Waals surface area contributed by atoms with E-state index in [1.165, 1.54) is 33.4 Å². The molecule has 0 saturated heterocycles. The molecule has 3 aromatic carbocycles. The Kier molecular flexibility index (Phi) is 3.94. The molecule has 0 spiro atoms. The molecule has 0 bridgehead atoms. The summed E-state index contributed by atoms with van der Waals surface area (Å²) < 4.78 is 0. The van der Waals surface area contributed by atoms with E-state index in [4.69, 9.17) is 0 Å². The molecular formula is C28H24. The number of hydrogen-bond donors (Lipinski definition) is 0. The van der Waals surface area contributed by atoms with Crippen LogP contribution in [0.2, 0.25) is 0 Å². The van der Waals surface area contributed by atoms with Crippen LogP contribution in [0.4, 0.5) is 0 Å². The van der Waals surface area contributed by atoms with Crippen molar-refractivity contribution in [2.24, 2.45) is 5.92 Å². The molecule has 1 unspecified atom stereocenters. The maximum Gasteiger partial charge on any atom is 0.0275 e. The van der Waals surface area contributed by atoms with Gasteiger partial charge in [-0.05, 0) is 45.4 Å². The molecule has 2 aliphatic rings. The maximum absolute atomic E-state index is 3.91. The maximum atomic E-state index is 3.91. The fourth-order valence-electron chi connectivity index (χ4n) is 4.95. The van der Waals surface area contributed by atoms with Crippen LogP contribution in [0.15, 0.2) is 97.6 Å². The third-order valence-corrected chi connectivity index (χ3v) is 6.57. The van der Waals surface area contributed by atoms with Gasteiger partial charge in [-0.1, -0.05) is 111 Å². The highest BCUT2D eigenvalue weighted by atomic mass is 14.4. The molecule has 1 atom stereocenters. The van der Waals surface area contributed by atoms with E-state index >= 15 is 0 Å². The lowest BCUT2D eigenvalue weighted by molar-refractivity contribution is 0.485. The lowest BCUT2D eigenvalue weighted by Gasteiger charge is -2.37. The summed E-state index contributed by atoms with van der Waals surface area (Å²) >= 11 is 0. The average molecular weight is 361 g/mol.